The molecule has 2 aromatic heterocycles. The number of hydrogen-bond acceptors (Lipinski definition) is 10. The van der Waals surface area contributed by atoms with Gasteiger partial charge in [-0.25, -0.2) is 10.1 Å². The van der Waals surface area contributed by atoms with Gasteiger partial charge in [-0.1, -0.05) is 35.0 Å². The molecule has 0 aliphatic heterocycles. The van der Waals surface area contributed by atoms with Gasteiger partial charge in [-0.3, -0.25) is 4.79 Å². The summed E-state index contributed by atoms with van der Waals surface area (Å²) in [6, 6.07) is 15.4. The molecule has 174 valence electrons. The predicted molar refractivity (Wildman–Crippen MR) is 127 cm³/mol. The van der Waals surface area contributed by atoms with Crippen LogP contribution in [0.1, 0.15) is 34.2 Å². The molecule has 0 bridgehead atoms. The molecule has 0 atom stereocenters. The Morgan fingerprint density at radius 3 is 2.74 bits per heavy atom. The van der Waals surface area contributed by atoms with E-state index in [1.54, 1.807) is 14.0 Å². The summed E-state index contributed by atoms with van der Waals surface area (Å²) in [6.45, 7) is 3.80. The van der Waals surface area contributed by atoms with Crippen molar-refractivity contribution in [3.63, 3.8) is 0 Å². The number of nitrogens with zero attached hydrogens (tertiary/aromatic N) is 6. The van der Waals surface area contributed by atoms with Crippen LogP contribution in [0.15, 0.2) is 63.2 Å². The molecule has 0 unspecified atom stereocenters. The second-order valence-corrected chi connectivity index (χ2v) is 8.29. The predicted octanol–water partition coefficient (Wildman–Crippen LogP) is 3.00. The number of thioether (sulfide) groups is 1. The Hall–Kier alpha value is -4.19. The van der Waals surface area contributed by atoms with Crippen LogP contribution in [-0.4, -0.2) is 44.0 Å². The average molecular weight is 479 g/mol. The van der Waals surface area contributed by atoms with E-state index in [1.807, 2.05) is 55.5 Å². The van der Waals surface area contributed by atoms with Crippen LogP contribution >= 0.6 is 11.8 Å². The van der Waals surface area contributed by atoms with Crippen molar-refractivity contribution in [2.24, 2.45) is 5.10 Å². The lowest BCUT2D eigenvalue weighted by molar-refractivity contribution is 0.0949. The minimum Gasteiger partial charge on any atom is -0.497 e. The van der Waals surface area contributed by atoms with E-state index in [0.717, 1.165) is 16.0 Å². The number of aryl methyl sites for hydroxylation is 1. The molecule has 34 heavy (non-hydrogen) atoms. The van der Waals surface area contributed by atoms with Crippen LogP contribution in [0.2, 0.25) is 0 Å². The number of aromatic nitrogens is 5. The molecule has 4 aromatic rings. The van der Waals surface area contributed by atoms with Gasteiger partial charge in [0.2, 0.25) is 11.6 Å². The lowest BCUT2D eigenvalue weighted by atomic mass is 10.1. The number of benzene rings is 2. The fourth-order valence-corrected chi connectivity index (χ4v) is 3.89. The number of hydrogen-bond donors (Lipinski definition) is 2. The average Bonchev–Trinajstić information content (AvgIpc) is 3.47. The van der Waals surface area contributed by atoms with Crippen molar-refractivity contribution in [2.45, 2.75) is 24.5 Å². The standard InChI is InChI=1S/C22H22N8O3S/c1-13-7-9-17(10-8-13)34-12-18-19(25-29-30(18)21-20(23)27-33-28-21)22(31)26-24-14(2)15-5-4-6-16(11-15)32-3/h4-11H,12H2,1-3H3,(H2,23,27)(H,26,31)/b24-14+. The van der Waals surface area contributed by atoms with E-state index in [2.05, 4.69) is 31.2 Å². The molecule has 0 saturated heterocycles. The summed E-state index contributed by atoms with van der Waals surface area (Å²) in [5.41, 5.74) is 11.5. The van der Waals surface area contributed by atoms with Crippen LogP contribution in [0.25, 0.3) is 5.82 Å². The maximum absolute atomic E-state index is 13.0. The van der Waals surface area contributed by atoms with Crippen molar-refractivity contribution < 1.29 is 14.2 Å². The monoisotopic (exact) mass is 478 g/mol. The summed E-state index contributed by atoms with van der Waals surface area (Å²) in [5.74, 6) is 0.718. The van der Waals surface area contributed by atoms with Gasteiger partial charge in [0.15, 0.2) is 5.69 Å². The summed E-state index contributed by atoms with van der Waals surface area (Å²) in [5, 5.41) is 19.7. The highest BCUT2D eigenvalue weighted by Gasteiger charge is 2.24. The Kier molecular flexibility index (Phi) is 6.87. The Balaban J connectivity index is 1.59. The van der Waals surface area contributed by atoms with Gasteiger partial charge in [0.05, 0.1) is 18.5 Å². The number of hydrazone groups is 1. The van der Waals surface area contributed by atoms with Gasteiger partial charge in [0.1, 0.15) is 5.75 Å². The topological polar surface area (TPSA) is 146 Å². The number of nitrogens with two attached hydrogens (primary N) is 1. The van der Waals surface area contributed by atoms with Gasteiger partial charge in [0, 0.05) is 16.2 Å². The molecule has 11 nitrogen and oxygen atoms in total. The highest BCUT2D eigenvalue weighted by atomic mass is 32.2. The number of carbonyl (C=O) groups is 1. The number of rotatable bonds is 8. The molecule has 0 aliphatic carbocycles. The highest BCUT2D eigenvalue weighted by Crippen LogP contribution is 2.26. The minimum absolute atomic E-state index is 0.0327. The number of carbonyl (C=O) groups excluding carboxylic acids is 1. The van der Waals surface area contributed by atoms with E-state index < -0.39 is 5.91 Å². The first kappa shape index (κ1) is 23.0. The number of methoxy groups -OCH3 is 1. The van der Waals surface area contributed by atoms with Gasteiger partial charge in [0.25, 0.3) is 5.91 Å². The SMILES string of the molecule is COc1cccc(/C(C)=N/NC(=O)c2nnn(-c3nonc3N)c2CSc2ccc(C)cc2)c1. The van der Waals surface area contributed by atoms with Gasteiger partial charge < -0.3 is 10.5 Å². The summed E-state index contributed by atoms with van der Waals surface area (Å²) in [7, 11) is 1.59. The highest BCUT2D eigenvalue weighted by molar-refractivity contribution is 7.98. The maximum Gasteiger partial charge on any atom is 0.293 e. The molecule has 2 heterocycles. The molecule has 12 heteroatoms. The molecule has 2 aromatic carbocycles. The van der Waals surface area contributed by atoms with E-state index in [4.69, 9.17) is 15.1 Å². The van der Waals surface area contributed by atoms with E-state index in [0.29, 0.717) is 22.9 Å². The van der Waals surface area contributed by atoms with E-state index in [-0.39, 0.29) is 17.3 Å². The minimum atomic E-state index is -0.525. The number of nitrogen functional groups attached to an aromatic ring is 1. The smallest absolute Gasteiger partial charge is 0.293 e. The van der Waals surface area contributed by atoms with Gasteiger partial charge >= 0.3 is 0 Å². The third kappa shape index (κ3) is 5.07. The Bertz CT molecular complexity index is 1330. The molecule has 4 rings (SSSR count). The van der Waals surface area contributed by atoms with Gasteiger partial charge in [-0.2, -0.15) is 9.78 Å². The number of anilines is 1. The van der Waals surface area contributed by atoms with Crippen molar-refractivity contribution >= 4 is 29.2 Å². The summed E-state index contributed by atoms with van der Waals surface area (Å²) in [4.78, 5) is 14.0. The summed E-state index contributed by atoms with van der Waals surface area (Å²) >= 11 is 1.51. The summed E-state index contributed by atoms with van der Waals surface area (Å²) < 4.78 is 11.3. The molecule has 1 amide bonds. The van der Waals surface area contributed by atoms with Crippen molar-refractivity contribution in [1.29, 1.82) is 0 Å². The van der Waals surface area contributed by atoms with Crippen molar-refractivity contribution in [3.05, 3.63) is 71.0 Å². The number of amides is 1. The molecule has 0 saturated carbocycles. The van der Waals surface area contributed by atoms with Gasteiger partial charge in [-0.15, -0.1) is 16.9 Å². The molecular formula is C22H22N8O3S. The molecule has 0 fully saturated rings. The van der Waals surface area contributed by atoms with Crippen LogP contribution in [0, 0.1) is 6.92 Å². The third-order valence-electron chi connectivity index (χ3n) is 4.88. The zero-order valence-electron chi connectivity index (χ0n) is 18.7. The first-order valence-corrected chi connectivity index (χ1v) is 11.2. The fraction of sp³-hybridized carbons (Fsp3) is 0.182. The Labute approximate surface area is 199 Å². The second kappa shape index (κ2) is 10.2. The number of nitrogens with one attached hydrogen (secondary N) is 1. The third-order valence-corrected chi connectivity index (χ3v) is 5.91. The maximum atomic E-state index is 13.0. The molecule has 0 radical (unpaired) electrons. The lowest BCUT2D eigenvalue weighted by Crippen LogP contribution is -2.21. The van der Waals surface area contributed by atoms with Crippen LogP contribution in [0.5, 0.6) is 5.75 Å². The molecular weight excluding hydrogens is 456 g/mol. The fourth-order valence-electron chi connectivity index (χ4n) is 3.00. The van der Waals surface area contributed by atoms with Crippen LogP contribution in [0.3, 0.4) is 0 Å². The quantitative estimate of drug-likeness (QED) is 0.222. The first-order chi connectivity index (χ1) is 16.5. The largest absolute Gasteiger partial charge is 0.497 e. The van der Waals surface area contributed by atoms with Gasteiger partial charge in [-0.05, 0) is 48.4 Å². The zero-order chi connectivity index (χ0) is 24.1. The zero-order valence-corrected chi connectivity index (χ0v) is 19.5. The van der Waals surface area contributed by atoms with Crippen molar-refractivity contribution in [3.8, 4) is 11.6 Å². The van der Waals surface area contributed by atoms with Crippen molar-refractivity contribution in [2.75, 3.05) is 12.8 Å². The van der Waals surface area contributed by atoms with E-state index in [1.165, 1.54) is 16.4 Å². The van der Waals surface area contributed by atoms with Crippen LogP contribution < -0.4 is 15.9 Å². The lowest BCUT2D eigenvalue weighted by Gasteiger charge is -2.07. The molecule has 0 spiro atoms. The van der Waals surface area contributed by atoms with Crippen LogP contribution in [0.4, 0.5) is 5.82 Å². The normalized spacial score (nSPS) is 11.4. The van der Waals surface area contributed by atoms with E-state index in [9.17, 15) is 4.79 Å². The molecule has 3 N–H and O–H groups in total. The first-order valence-electron chi connectivity index (χ1n) is 10.2. The second-order valence-electron chi connectivity index (χ2n) is 7.24. The Morgan fingerprint density at radius 1 is 1.24 bits per heavy atom. The summed E-state index contributed by atoms with van der Waals surface area (Å²) in [6.07, 6.45) is 0. The van der Waals surface area contributed by atoms with E-state index >= 15 is 0 Å². The van der Waals surface area contributed by atoms with Crippen LogP contribution in [-0.2, 0) is 5.75 Å². The van der Waals surface area contributed by atoms with Crippen molar-refractivity contribution in [1.82, 2.24) is 30.7 Å². The Morgan fingerprint density at radius 2 is 2.03 bits per heavy atom. The number of ether oxygens (including phenoxy) is 1. The molecule has 0 aliphatic rings.